The molecular weight excluding hydrogens is 268 g/mol. The Kier molecular flexibility index (Phi) is 5.25. The van der Waals surface area contributed by atoms with Gasteiger partial charge in [0, 0.05) is 19.1 Å². The van der Waals surface area contributed by atoms with E-state index in [9.17, 15) is 4.79 Å². The van der Waals surface area contributed by atoms with Gasteiger partial charge >= 0.3 is 0 Å². The van der Waals surface area contributed by atoms with Crippen LogP contribution >= 0.6 is 15.9 Å². The van der Waals surface area contributed by atoms with E-state index in [0.717, 1.165) is 25.9 Å². The summed E-state index contributed by atoms with van der Waals surface area (Å²) in [5.41, 5.74) is 0. The molecule has 0 aromatic carbocycles. The number of halogens is 1. The van der Waals surface area contributed by atoms with Crippen LogP contribution in [0.4, 0.5) is 0 Å². The lowest BCUT2D eigenvalue weighted by Crippen LogP contribution is -2.44. The van der Waals surface area contributed by atoms with Gasteiger partial charge in [-0.3, -0.25) is 4.79 Å². The fraction of sp³-hybridized carbons (Fsp3) is 0.917. The van der Waals surface area contributed by atoms with Gasteiger partial charge in [-0.25, -0.2) is 0 Å². The zero-order valence-corrected chi connectivity index (χ0v) is 12.3. The maximum atomic E-state index is 12.0. The molecule has 0 spiro atoms. The largest absolute Gasteiger partial charge is 0.337 e. The number of alkyl halides is 1. The fourth-order valence-electron chi connectivity index (χ4n) is 2.29. The second-order valence-electron chi connectivity index (χ2n) is 5.33. The molecule has 0 aliphatic carbocycles. The first-order valence-corrected chi connectivity index (χ1v) is 6.92. The van der Waals surface area contributed by atoms with Crippen molar-refractivity contribution in [3.63, 3.8) is 0 Å². The van der Waals surface area contributed by atoms with Gasteiger partial charge in [-0.1, -0.05) is 29.8 Å². The predicted octanol–water partition coefficient (Wildman–Crippen LogP) is 1.96. The molecule has 1 rings (SSSR count). The summed E-state index contributed by atoms with van der Waals surface area (Å²) in [7, 11) is 4.14. The highest BCUT2D eigenvalue weighted by molar-refractivity contribution is 9.10. The fourth-order valence-corrected chi connectivity index (χ4v) is 2.76. The predicted molar refractivity (Wildman–Crippen MR) is 70.8 cm³/mol. The zero-order valence-electron chi connectivity index (χ0n) is 10.7. The van der Waals surface area contributed by atoms with E-state index in [2.05, 4.69) is 53.7 Å². The van der Waals surface area contributed by atoms with Crippen molar-refractivity contribution in [3.05, 3.63) is 0 Å². The van der Waals surface area contributed by atoms with Gasteiger partial charge in [0.25, 0.3) is 0 Å². The molecular formula is C12H23BrN2O. The lowest BCUT2D eigenvalue weighted by atomic mass is 10.0. The first-order valence-electron chi connectivity index (χ1n) is 6.01. The average molecular weight is 291 g/mol. The maximum Gasteiger partial charge on any atom is 0.236 e. The third-order valence-electron chi connectivity index (χ3n) is 2.93. The molecule has 94 valence electrons. The van der Waals surface area contributed by atoms with E-state index in [0.29, 0.717) is 12.0 Å². The molecule has 0 saturated carbocycles. The smallest absolute Gasteiger partial charge is 0.236 e. The van der Waals surface area contributed by atoms with E-state index in [1.165, 1.54) is 0 Å². The Morgan fingerprint density at radius 2 is 2.12 bits per heavy atom. The molecule has 0 N–H and O–H groups in total. The minimum Gasteiger partial charge on any atom is -0.337 e. The van der Waals surface area contributed by atoms with Crippen molar-refractivity contribution >= 4 is 21.8 Å². The van der Waals surface area contributed by atoms with Crippen molar-refractivity contribution in [3.8, 4) is 0 Å². The molecule has 0 radical (unpaired) electrons. The van der Waals surface area contributed by atoms with Gasteiger partial charge in [-0.15, -0.1) is 0 Å². The number of likely N-dealkylation sites (N-methyl/N-ethyl adjacent to an activating group) is 1. The van der Waals surface area contributed by atoms with Crippen LogP contribution in [-0.4, -0.2) is 53.8 Å². The van der Waals surface area contributed by atoms with Crippen LogP contribution in [0.3, 0.4) is 0 Å². The first kappa shape index (κ1) is 14.0. The standard InChI is InChI=1S/C12H23BrN2O/c1-9(2)7-10(8-14(3)4)15-6-5-11(13)12(15)16/h9-11H,5-8H2,1-4H3. The van der Waals surface area contributed by atoms with Crippen molar-refractivity contribution in [2.45, 2.75) is 37.6 Å². The summed E-state index contributed by atoms with van der Waals surface area (Å²) in [4.78, 5) is 16.2. The van der Waals surface area contributed by atoms with Crippen LogP contribution in [0.1, 0.15) is 26.7 Å². The summed E-state index contributed by atoms with van der Waals surface area (Å²) in [6, 6.07) is 0.366. The number of hydrogen-bond acceptors (Lipinski definition) is 2. The maximum absolute atomic E-state index is 12.0. The SMILES string of the molecule is CC(C)CC(CN(C)C)N1CCC(Br)C1=O. The molecule has 1 heterocycles. The lowest BCUT2D eigenvalue weighted by Gasteiger charge is -2.31. The number of carbonyl (C=O) groups excluding carboxylic acids is 1. The molecule has 0 bridgehead atoms. The third kappa shape index (κ3) is 3.74. The van der Waals surface area contributed by atoms with Gasteiger partial charge in [-0.05, 0) is 32.9 Å². The number of carbonyl (C=O) groups is 1. The van der Waals surface area contributed by atoms with Crippen LogP contribution in [0.25, 0.3) is 0 Å². The van der Waals surface area contributed by atoms with Gasteiger partial charge < -0.3 is 9.80 Å². The van der Waals surface area contributed by atoms with Gasteiger partial charge in [0.2, 0.25) is 5.91 Å². The Labute approximate surface area is 107 Å². The summed E-state index contributed by atoms with van der Waals surface area (Å²) < 4.78 is 0. The quantitative estimate of drug-likeness (QED) is 0.723. The highest BCUT2D eigenvalue weighted by Gasteiger charge is 2.34. The highest BCUT2D eigenvalue weighted by Crippen LogP contribution is 2.23. The molecule has 1 aliphatic rings. The van der Waals surface area contributed by atoms with Crippen molar-refractivity contribution < 1.29 is 4.79 Å². The molecule has 4 heteroatoms. The molecule has 1 saturated heterocycles. The van der Waals surface area contributed by atoms with Gasteiger partial charge in [0.05, 0.1) is 4.83 Å². The van der Waals surface area contributed by atoms with E-state index >= 15 is 0 Å². The van der Waals surface area contributed by atoms with Gasteiger partial charge in [0.1, 0.15) is 0 Å². The van der Waals surface area contributed by atoms with E-state index < -0.39 is 0 Å². The van der Waals surface area contributed by atoms with Crippen LogP contribution in [0, 0.1) is 5.92 Å². The summed E-state index contributed by atoms with van der Waals surface area (Å²) in [6.07, 6.45) is 2.03. The Morgan fingerprint density at radius 3 is 2.50 bits per heavy atom. The topological polar surface area (TPSA) is 23.6 Å². The van der Waals surface area contributed by atoms with Crippen LogP contribution in [-0.2, 0) is 4.79 Å². The number of amides is 1. The minimum atomic E-state index is 0.0457. The summed E-state index contributed by atoms with van der Waals surface area (Å²) in [5.74, 6) is 0.902. The number of rotatable bonds is 5. The summed E-state index contributed by atoms with van der Waals surface area (Å²) in [6.45, 7) is 6.30. The Hall–Kier alpha value is -0.0900. The van der Waals surface area contributed by atoms with E-state index in [-0.39, 0.29) is 10.7 Å². The molecule has 0 aromatic heterocycles. The van der Waals surface area contributed by atoms with E-state index in [4.69, 9.17) is 0 Å². The Morgan fingerprint density at radius 1 is 1.50 bits per heavy atom. The van der Waals surface area contributed by atoms with Crippen molar-refractivity contribution in [2.75, 3.05) is 27.2 Å². The molecule has 2 atom stereocenters. The second kappa shape index (κ2) is 6.01. The molecule has 2 unspecified atom stereocenters. The molecule has 1 fully saturated rings. The third-order valence-corrected chi connectivity index (χ3v) is 3.78. The van der Waals surface area contributed by atoms with Crippen LogP contribution in [0.2, 0.25) is 0 Å². The minimum absolute atomic E-state index is 0.0457. The number of likely N-dealkylation sites (tertiary alicyclic amines) is 1. The van der Waals surface area contributed by atoms with Crippen LogP contribution < -0.4 is 0 Å². The monoisotopic (exact) mass is 290 g/mol. The zero-order chi connectivity index (χ0) is 12.3. The van der Waals surface area contributed by atoms with Crippen LogP contribution in [0.15, 0.2) is 0 Å². The lowest BCUT2D eigenvalue weighted by molar-refractivity contribution is -0.129. The van der Waals surface area contributed by atoms with Gasteiger partial charge in [0.15, 0.2) is 0 Å². The van der Waals surface area contributed by atoms with Crippen molar-refractivity contribution in [1.82, 2.24) is 9.80 Å². The second-order valence-corrected chi connectivity index (χ2v) is 6.44. The highest BCUT2D eigenvalue weighted by atomic mass is 79.9. The molecule has 1 amide bonds. The molecule has 16 heavy (non-hydrogen) atoms. The number of nitrogens with zero attached hydrogens (tertiary/aromatic N) is 2. The van der Waals surface area contributed by atoms with Crippen molar-refractivity contribution in [2.24, 2.45) is 5.92 Å². The van der Waals surface area contributed by atoms with Crippen LogP contribution in [0.5, 0.6) is 0 Å². The molecule has 3 nitrogen and oxygen atoms in total. The van der Waals surface area contributed by atoms with E-state index in [1.807, 2.05) is 0 Å². The molecule has 1 aliphatic heterocycles. The average Bonchev–Trinajstić information content (AvgIpc) is 2.45. The first-order chi connectivity index (χ1) is 7.41. The Balaban J connectivity index is 2.64. The summed E-state index contributed by atoms with van der Waals surface area (Å²) >= 11 is 3.44. The Bertz CT molecular complexity index is 233. The summed E-state index contributed by atoms with van der Waals surface area (Å²) in [5, 5.41) is 0. The van der Waals surface area contributed by atoms with E-state index in [1.54, 1.807) is 0 Å². The normalized spacial score (nSPS) is 23.6. The van der Waals surface area contributed by atoms with Gasteiger partial charge in [-0.2, -0.15) is 0 Å². The number of hydrogen-bond donors (Lipinski definition) is 0. The van der Waals surface area contributed by atoms with Crippen molar-refractivity contribution in [1.29, 1.82) is 0 Å². The molecule has 0 aromatic rings.